The van der Waals surface area contributed by atoms with Crippen LogP contribution in [0, 0.1) is 0 Å². The highest BCUT2D eigenvalue weighted by Gasteiger charge is 2.18. The number of sulfonamides is 1. The summed E-state index contributed by atoms with van der Waals surface area (Å²) < 4.78 is 25.0. The number of rotatable bonds is 3. The lowest BCUT2D eigenvalue weighted by molar-refractivity contribution is 0.0686. The molecule has 0 saturated carbocycles. The second-order valence-electron chi connectivity index (χ2n) is 2.56. The zero-order valence-corrected chi connectivity index (χ0v) is 8.63. The summed E-state index contributed by atoms with van der Waals surface area (Å²) in [5.74, 6) is -1.21. The molecule has 1 aromatic rings. The molecule has 14 heavy (non-hydrogen) atoms. The van der Waals surface area contributed by atoms with Crippen LogP contribution in [-0.2, 0) is 17.1 Å². The molecule has 6 nitrogen and oxygen atoms in total. The van der Waals surface area contributed by atoms with Crippen LogP contribution in [0.4, 0.5) is 0 Å². The quantitative estimate of drug-likeness (QED) is 0.734. The third-order valence-electron chi connectivity index (χ3n) is 1.61. The Morgan fingerprint density at radius 1 is 1.64 bits per heavy atom. The third kappa shape index (κ3) is 1.89. The van der Waals surface area contributed by atoms with Crippen LogP contribution in [0.5, 0.6) is 0 Å². The highest BCUT2D eigenvalue weighted by atomic mass is 35.5. The molecule has 2 N–H and O–H groups in total. The number of carboxylic acids is 1. The summed E-state index contributed by atoms with van der Waals surface area (Å²) in [5, 5.41) is 8.65. The smallest absolute Gasteiger partial charge is 0.352 e. The van der Waals surface area contributed by atoms with Gasteiger partial charge >= 0.3 is 5.97 Å². The Hall–Kier alpha value is -1.05. The molecule has 0 aromatic carbocycles. The molecule has 1 aromatic heterocycles. The zero-order valence-electron chi connectivity index (χ0n) is 7.06. The lowest BCUT2D eigenvalue weighted by atomic mass is 10.4. The van der Waals surface area contributed by atoms with E-state index in [-0.39, 0.29) is 10.6 Å². The van der Waals surface area contributed by atoms with Gasteiger partial charge < -0.3 is 9.67 Å². The third-order valence-corrected chi connectivity index (χ3v) is 3.27. The van der Waals surface area contributed by atoms with Crippen LogP contribution in [0.2, 0.25) is 0 Å². The average molecular weight is 239 g/mol. The van der Waals surface area contributed by atoms with Crippen molar-refractivity contribution >= 4 is 27.8 Å². The van der Waals surface area contributed by atoms with Gasteiger partial charge in [0.15, 0.2) is 0 Å². The molecule has 1 heterocycles. The monoisotopic (exact) mass is 238 g/mol. The maximum Gasteiger partial charge on any atom is 0.352 e. The van der Waals surface area contributed by atoms with Crippen molar-refractivity contribution in [3.8, 4) is 0 Å². The van der Waals surface area contributed by atoms with Gasteiger partial charge in [0.05, 0.1) is 0 Å². The van der Waals surface area contributed by atoms with E-state index < -0.39 is 16.0 Å². The molecule has 0 bridgehead atoms. The van der Waals surface area contributed by atoms with Gasteiger partial charge in [-0.2, -0.15) is 0 Å². The molecule has 1 rings (SSSR count). The Bertz CT molecular complexity index is 464. The Labute approximate surface area is 85.3 Å². The predicted octanol–water partition coefficient (Wildman–Crippen LogP) is 0.155. The number of hydrogen-bond acceptors (Lipinski definition) is 3. The summed E-state index contributed by atoms with van der Waals surface area (Å²) >= 11 is 4.97. The van der Waals surface area contributed by atoms with Crippen molar-refractivity contribution in [2.45, 2.75) is 4.90 Å². The lowest BCUT2D eigenvalue weighted by Crippen LogP contribution is -2.12. The van der Waals surface area contributed by atoms with E-state index in [9.17, 15) is 13.2 Å². The van der Waals surface area contributed by atoms with E-state index in [0.29, 0.717) is 0 Å². The summed E-state index contributed by atoms with van der Waals surface area (Å²) in [5.41, 5.74) is -0.129. The first-order valence-corrected chi connectivity index (χ1v) is 5.26. The van der Waals surface area contributed by atoms with Crippen molar-refractivity contribution in [2.24, 2.45) is 7.05 Å². The van der Waals surface area contributed by atoms with Crippen LogP contribution in [0.15, 0.2) is 17.2 Å². The summed E-state index contributed by atoms with van der Waals surface area (Å²) in [6.45, 7) is 0. The maximum absolute atomic E-state index is 11.1. The van der Waals surface area contributed by atoms with Gasteiger partial charge in [-0.3, -0.25) is 0 Å². The fourth-order valence-electron chi connectivity index (χ4n) is 0.938. The molecule has 0 aliphatic heterocycles. The number of hydrogen-bond donors (Lipinski definition) is 2. The molecule has 0 aliphatic carbocycles. The van der Waals surface area contributed by atoms with E-state index in [0.717, 1.165) is 12.3 Å². The van der Waals surface area contributed by atoms with Crippen molar-refractivity contribution in [1.29, 1.82) is 0 Å². The summed E-state index contributed by atoms with van der Waals surface area (Å²) in [4.78, 5) is 10.4. The van der Waals surface area contributed by atoms with Crippen molar-refractivity contribution in [1.82, 2.24) is 8.81 Å². The fraction of sp³-hybridized carbons (Fsp3) is 0.167. The average Bonchev–Trinajstić information content (AvgIpc) is 2.48. The topological polar surface area (TPSA) is 88.4 Å². The van der Waals surface area contributed by atoms with Gasteiger partial charge in [0.1, 0.15) is 10.6 Å². The number of aryl methyl sites for hydroxylation is 1. The number of nitrogens with zero attached hydrogens (tertiary/aromatic N) is 1. The molecule has 8 heteroatoms. The minimum atomic E-state index is -3.80. The summed E-state index contributed by atoms with van der Waals surface area (Å²) in [7, 11) is -2.37. The number of aromatic carboxylic acids is 1. The first kappa shape index (κ1) is 11.0. The number of carboxylic acid groups (broad SMARTS) is 1. The van der Waals surface area contributed by atoms with Gasteiger partial charge in [0, 0.05) is 13.2 Å². The molecule has 0 spiro atoms. The highest BCUT2D eigenvalue weighted by molar-refractivity contribution is 7.90. The van der Waals surface area contributed by atoms with E-state index >= 15 is 0 Å². The molecule has 0 radical (unpaired) electrons. The second kappa shape index (κ2) is 3.60. The van der Waals surface area contributed by atoms with Crippen molar-refractivity contribution in [2.75, 3.05) is 0 Å². The molecule has 0 aliphatic rings. The molecular weight excluding hydrogens is 232 g/mol. The van der Waals surface area contributed by atoms with Gasteiger partial charge in [0.25, 0.3) is 10.0 Å². The van der Waals surface area contributed by atoms with Crippen LogP contribution < -0.4 is 4.24 Å². The minimum Gasteiger partial charge on any atom is -0.477 e. The Morgan fingerprint density at radius 3 is 2.57 bits per heavy atom. The molecule has 0 amide bonds. The van der Waals surface area contributed by atoms with Crippen molar-refractivity contribution in [3.05, 3.63) is 18.0 Å². The number of nitrogens with one attached hydrogen (secondary N) is 1. The SMILES string of the molecule is Cn1cc(S(=O)(=O)NCl)cc1C(=O)O. The van der Waals surface area contributed by atoms with Gasteiger partial charge in [-0.15, -0.1) is 4.24 Å². The van der Waals surface area contributed by atoms with Gasteiger partial charge in [-0.1, -0.05) is 0 Å². The van der Waals surface area contributed by atoms with E-state index in [4.69, 9.17) is 16.9 Å². The molecule has 0 unspecified atom stereocenters. The van der Waals surface area contributed by atoms with Crippen LogP contribution in [0.1, 0.15) is 10.5 Å². The van der Waals surface area contributed by atoms with Crippen LogP contribution in [-0.4, -0.2) is 24.1 Å². The van der Waals surface area contributed by atoms with E-state index in [1.807, 2.05) is 0 Å². The van der Waals surface area contributed by atoms with Gasteiger partial charge in [-0.05, 0) is 17.8 Å². The largest absolute Gasteiger partial charge is 0.477 e. The zero-order chi connectivity index (χ0) is 10.9. The normalized spacial score (nSPS) is 11.6. The Morgan fingerprint density at radius 2 is 2.21 bits per heavy atom. The van der Waals surface area contributed by atoms with E-state index in [2.05, 4.69) is 0 Å². The minimum absolute atomic E-state index is 0.129. The molecule has 0 saturated heterocycles. The number of carbonyl (C=O) groups is 1. The van der Waals surface area contributed by atoms with Crippen LogP contribution in [0.25, 0.3) is 0 Å². The van der Waals surface area contributed by atoms with Gasteiger partial charge in [0.2, 0.25) is 0 Å². The maximum atomic E-state index is 11.1. The molecule has 0 fully saturated rings. The van der Waals surface area contributed by atoms with Gasteiger partial charge in [-0.25, -0.2) is 13.2 Å². The summed E-state index contributed by atoms with van der Waals surface area (Å²) in [6, 6.07) is 1.02. The van der Waals surface area contributed by atoms with Crippen molar-refractivity contribution < 1.29 is 18.3 Å². The molecular formula is C6H7ClN2O4S. The first-order chi connectivity index (χ1) is 6.38. The number of aromatic nitrogens is 1. The fourth-order valence-corrected chi connectivity index (χ4v) is 1.86. The molecule has 0 atom stereocenters. The van der Waals surface area contributed by atoms with Crippen LogP contribution >= 0.6 is 11.8 Å². The second-order valence-corrected chi connectivity index (χ2v) is 4.65. The highest BCUT2D eigenvalue weighted by Crippen LogP contribution is 2.13. The Balaban J connectivity index is 3.29. The number of halogens is 1. The standard InChI is InChI=1S/C6H7ClN2O4S/c1-9-3-4(14(12,13)8-7)2-5(9)6(10)11/h2-3,8H,1H3,(H,10,11). The predicted molar refractivity (Wildman–Crippen MR) is 48.5 cm³/mol. The van der Waals surface area contributed by atoms with E-state index in [1.54, 1.807) is 4.24 Å². The first-order valence-electron chi connectivity index (χ1n) is 3.40. The molecule has 78 valence electrons. The summed E-state index contributed by atoms with van der Waals surface area (Å²) in [6.07, 6.45) is 1.16. The Kier molecular flexibility index (Phi) is 2.84. The van der Waals surface area contributed by atoms with E-state index in [1.165, 1.54) is 11.6 Å². The lowest BCUT2D eigenvalue weighted by Gasteiger charge is -1.94. The van der Waals surface area contributed by atoms with Crippen molar-refractivity contribution in [3.63, 3.8) is 0 Å². The van der Waals surface area contributed by atoms with Crippen LogP contribution in [0.3, 0.4) is 0 Å².